The van der Waals surface area contributed by atoms with E-state index in [1.165, 1.54) is 0 Å². The van der Waals surface area contributed by atoms with Gasteiger partial charge < -0.3 is 13.3 Å². The van der Waals surface area contributed by atoms with E-state index in [4.69, 9.17) is 13.3 Å². The molecule has 0 fully saturated rings. The van der Waals surface area contributed by atoms with Crippen LogP contribution in [0, 0.1) is 0 Å². The summed E-state index contributed by atoms with van der Waals surface area (Å²) in [7, 11) is 1.63. The van der Waals surface area contributed by atoms with E-state index in [1.54, 1.807) is 21.3 Å². The molecule has 21 heavy (non-hydrogen) atoms. The molecule has 0 saturated carbocycles. The minimum atomic E-state index is -1.67. The summed E-state index contributed by atoms with van der Waals surface area (Å²) in [6.45, 7) is 0. The lowest BCUT2D eigenvalue weighted by atomic mass is 10.4. The zero-order valence-corrected chi connectivity index (χ0v) is 14.5. The first-order valence-electron chi connectivity index (χ1n) is 6.38. The van der Waals surface area contributed by atoms with Crippen LogP contribution in [-0.4, -0.2) is 30.9 Å². The third-order valence-corrected chi connectivity index (χ3v) is 5.25. The summed E-state index contributed by atoms with van der Waals surface area (Å²) < 4.78 is 26.2. The quantitative estimate of drug-likeness (QED) is 0.624. The van der Waals surface area contributed by atoms with E-state index in [1.807, 2.05) is 60.7 Å². The normalized spacial score (nSPS) is 9.90. The summed E-state index contributed by atoms with van der Waals surface area (Å²) >= 11 is 0. The highest BCUT2D eigenvalue weighted by Gasteiger charge is 2.21. The van der Waals surface area contributed by atoms with Crippen LogP contribution >= 0.6 is 7.80 Å². The molecule has 2 aromatic carbocycles. The highest BCUT2D eigenvalue weighted by molar-refractivity contribution is 7.61. The Morgan fingerprint density at radius 3 is 1.29 bits per heavy atom. The molecule has 2 aromatic rings. The Morgan fingerprint density at radius 2 is 1.05 bits per heavy atom. The number of benzene rings is 2. The Morgan fingerprint density at radius 1 is 0.714 bits per heavy atom. The number of hydrogen-bond donors (Lipinski definition) is 0. The predicted molar refractivity (Wildman–Crippen MR) is 87.9 cm³/mol. The SMILES string of the molecule is CO[SiH](OC)OC.O=[P+](c1ccccc1)c1ccccc1. The van der Waals surface area contributed by atoms with Crippen molar-refractivity contribution in [2.45, 2.75) is 0 Å². The van der Waals surface area contributed by atoms with Crippen LogP contribution in [0.5, 0.6) is 0 Å². The minimum absolute atomic E-state index is 0.883. The summed E-state index contributed by atoms with van der Waals surface area (Å²) in [6, 6.07) is 19.1. The lowest BCUT2D eigenvalue weighted by Crippen LogP contribution is -2.21. The maximum Gasteiger partial charge on any atom is 0.483 e. The van der Waals surface area contributed by atoms with Crippen LogP contribution in [0.15, 0.2) is 60.7 Å². The largest absolute Gasteiger partial charge is 0.483 e. The van der Waals surface area contributed by atoms with Crippen molar-refractivity contribution in [2.24, 2.45) is 0 Å². The third-order valence-electron chi connectivity index (χ3n) is 2.56. The third kappa shape index (κ3) is 6.29. The van der Waals surface area contributed by atoms with Crippen LogP contribution in [0.4, 0.5) is 0 Å². The molecule has 0 unspecified atom stereocenters. The van der Waals surface area contributed by atoms with Crippen molar-refractivity contribution in [3.05, 3.63) is 60.7 Å². The van der Waals surface area contributed by atoms with Gasteiger partial charge in [0.15, 0.2) is 10.6 Å². The standard InChI is InChI=1S/C12H10OP.C3H10O3Si/c13-14(11-7-3-1-4-8-11)12-9-5-2-6-10-12;1-4-7(5-2)6-3/h1-10H;7H,1-3H3/q+1;. The van der Waals surface area contributed by atoms with Gasteiger partial charge in [0.2, 0.25) is 0 Å². The Balaban J connectivity index is 0.000000270. The molecule has 0 aromatic heterocycles. The molecule has 4 nitrogen and oxygen atoms in total. The fourth-order valence-corrected chi connectivity index (χ4v) is 3.33. The summed E-state index contributed by atoms with van der Waals surface area (Å²) in [6.07, 6.45) is 0. The van der Waals surface area contributed by atoms with Gasteiger partial charge in [-0.1, -0.05) is 41.0 Å². The predicted octanol–water partition coefficient (Wildman–Crippen LogP) is 2.11. The lowest BCUT2D eigenvalue weighted by Gasteiger charge is -2.05. The Hall–Kier alpha value is -1.36. The van der Waals surface area contributed by atoms with Gasteiger partial charge in [-0.2, -0.15) is 0 Å². The number of rotatable bonds is 5. The zero-order chi connectivity index (χ0) is 15.5. The summed E-state index contributed by atoms with van der Waals surface area (Å²) in [5, 5.41) is 1.77. The smallest absolute Gasteiger partial charge is 0.379 e. The van der Waals surface area contributed by atoms with E-state index >= 15 is 0 Å². The van der Waals surface area contributed by atoms with Crippen molar-refractivity contribution < 1.29 is 17.8 Å². The van der Waals surface area contributed by atoms with E-state index in [-0.39, 0.29) is 0 Å². The zero-order valence-electron chi connectivity index (χ0n) is 12.4. The maximum atomic E-state index is 12.0. The highest BCUT2D eigenvalue weighted by Crippen LogP contribution is 2.18. The molecule has 0 N–H and O–H groups in total. The van der Waals surface area contributed by atoms with Crippen LogP contribution in [0.2, 0.25) is 0 Å². The second kappa shape index (κ2) is 10.4. The van der Waals surface area contributed by atoms with Gasteiger partial charge in [0.05, 0.1) is 0 Å². The fraction of sp³-hybridized carbons (Fsp3) is 0.200. The van der Waals surface area contributed by atoms with Crippen molar-refractivity contribution in [1.82, 2.24) is 0 Å². The first-order chi connectivity index (χ1) is 10.2. The molecule has 0 saturated heterocycles. The molecular weight excluding hydrogens is 303 g/mol. The van der Waals surface area contributed by atoms with E-state index in [0.29, 0.717) is 0 Å². The van der Waals surface area contributed by atoms with Gasteiger partial charge in [0, 0.05) is 21.3 Å². The fourth-order valence-electron chi connectivity index (χ4n) is 1.56. The van der Waals surface area contributed by atoms with Crippen molar-refractivity contribution in [1.29, 1.82) is 0 Å². The molecule has 0 amide bonds. The summed E-state index contributed by atoms with van der Waals surface area (Å²) in [4.78, 5) is 0. The topological polar surface area (TPSA) is 44.8 Å². The second-order valence-corrected chi connectivity index (χ2v) is 7.57. The molecule has 0 spiro atoms. The van der Waals surface area contributed by atoms with E-state index < -0.39 is 17.3 Å². The monoisotopic (exact) mass is 323 g/mol. The van der Waals surface area contributed by atoms with Crippen molar-refractivity contribution in [3.63, 3.8) is 0 Å². The summed E-state index contributed by atoms with van der Waals surface area (Å²) in [5.41, 5.74) is 0. The molecule has 2 rings (SSSR count). The molecule has 0 aliphatic carbocycles. The average molecular weight is 323 g/mol. The van der Waals surface area contributed by atoms with Crippen LogP contribution in [0.25, 0.3) is 0 Å². The first kappa shape index (κ1) is 17.7. The van der Waals surface area contributed by atoms with Crippen LogP contribution in [-0.2, 0) is 17.8 Å². The first-order valence-corrected chi connectivity index (χ1v) is 9.06. The van der Waals surface area contributed by atoms with Crippen LogP contribution in [0.1, 0.15) is 0 Å². The molecule has 0 radical (unpaired) electrons. The maximum absolute atomic E-state index is 12.0. The van der Waals surface area contributed by atoms with Crippen molar-refractivity contribution in [2.75, 3.05) is 21.3 Å². The second-order valence-electron chi connectivity index (χ2n) is 3.96. The van der Waals surface area contributed by atoms with Gasteiger partial charge in [-0.3, -0.25) is 0 Å². The van der Waals surface area contributed by atoms with E-state index in [0.717, 1.165) is 10.6 Å². The molecule has 0 atom stereocenters. The van der Waals surface area contributed by atoms with Gasteiger partial charge in [0.1, 0.15) is 0 Å². The van der Waals surface area contributed by atoms with E-state index in [2.05, 4.69) is 0 Å². The molecule has 6 heteroatoms. The summed E-state index contributed by atoms with van der Waals surface area (Å²) in [5.74, 6) is 0. The van der Waals surface area contributed by atoms with Gasteiger partial charge >= 0.3 is 17.3 Å². The number of hydrogen-bond acceptors (Lipinski definition) is 4. The Labute approximate surface area is 128 Å². The van der Waals surface area contributed by atoms with Gasteiger partial charge in [0.25, 0.3) is 0 Å². The average Bonchev–Trinajstić information content (AvgIpc) is 2.58. The van der Waals surface area contributed by atoms with Crippen LogP contribution < -0.4 is 10.6 Å². The Bertz CT molecular complexity index is 471. The molecular formula is C15H20O4PSi+. The molecule has 112 valence electrons. The molecule has 0 aliphatic rings. The molecule has 0 heterocycles. The van der Waals surface area contributed by atoms with Gasteiger partial charge in [-0.05, 0) is 24.3 Å². The molecule has 0 bridgehead atoms. The highest BCUT2D eigenvalue weighted by atomic mass is 31.1. The molecule has 0 aliphatic heterocycles. The van der Waals surface area contributed by atoms with E-state index in [9.17, 15) is 4.57 Å². The van der Waals surface area contributed by atoms with Gasteiger partial charge in [-0.25, -0.2) is 0 Å². The lowest BCUT2D eigenvalue weighted by molar-refractivity contribution is 0.163. The Kier molecular flexibility index (Phi) is 8.74. The van der Waals surface area contributed by atoms with Crippen LogP contribution in [0.3, 0.4) is 0 Å². The van der Waals surface area contributed by atoms with Gasteiger partial charge in [-0.15, -0.1) is 0 Å². The van der Waals surface area contributed by atoms with Crippen molar-refractivity contribution >= 4 is 27.9 Å². The van der Waals surface area contributed by atoms with Crippen molar-refractivity contribution in [3.8, 4) is 0 Å². The minimum Gasteiger partial charge on any atom is -0.379 e.